The van der Waals surface area contributed by atoms with Crippen molar-refractivity contribution in [3.63, 3.8) is 0 Å². The maximum atomic E-state index is 6.49. The van der Waals surface area contributed by atoms with Crippen LogP contribution in [0.5, 0.6) is 11.5 Å². The van der Waals surface area contributed by atoms with Crippen LogP contribution in [0.3, 0.4) is 0 Å². The van der Waals surface area contributed by atoms with Gasteiger partial charge in [0.1, 0.15) is 22.7 Å². The normalized spacial score (nSPS) is 13.8. The van der Waals surface area contributed by atoms with Gasteiger partial charge in [0, 0.05) is 12.6 Å². The Morgan fingerprint density at radius 2 is 1.59 bits per heavy atom. The molecule has 1 aromatic carbocycles. The molecule has 0 saturated carbocycles. The Morgan fingerprint density at radius 3 is 2.21 bits per heavy atom. The van der Waals surface area contributed by atoms with Gasteiger partial charge in [-0.2, -0.15) is 0 Å². The summed E-state index contributed by atoms with van der Waals surface area (Å²) in [7, 11) is 0. The molecule has 0 bridgehead atoms. The van der Waals surface area contributed by atoms with Crippen molar-refractivity contribution in [2.24, 2.45) is 0 Å². The second kappa shape index (κ2) is 9.17. The molecule has 0 aliphatic rings. The van der Waals surface area contributed by atoms with E-state index in [0.29, 0.717) is 6.42 Å². The van der Waals surface area contributed by atoms with E-state index >= 15 is 0 Å². The van der Waals surface area contributed by atoms with Crippen molar-refractivity contribution in [2.45, 2.75) is 91.1 Å². The highest BCUT2D eigenvalue weighted by atomic mass is 16.6. The molecular weight excluding hydrogens is 362 g/mol. The molecule has 0 aliphatic carbocycles. The first-order chi connectivity index (χ1) is 13.4. The third kappa shape index (κ3) is 7.04. The zero-order chi connectivity index (χ0) is 21.7. The van der Waals surface area contributed by atoms with Gasteiger partial charge < -0.3 is 14.2 Å². The highest BCUT2D eigenvalue weighted by molar-refractivity contribution is 5.35. The molecule has 1 aromatic heterocycles. The molecule has 4 nitrogen and oxygen atoms in total. The van der Waals surface area contributed by atoms with Crippen LogP contribution < -0.4 is 9.47 Å². The van der Waals surface area contributed by atoms with Gasteiger partial charge in [-0.05, 0) is 78.6 Å². The van der Waals surface area contributed by atoms with Gasteiger partial charge in [-0.1, -0.05) is 25.1 Å². The maximum Gasteiger partial charge on any atom is 0.138 e. The molecule has 0 saturated heterocycles. The summed E-state index contributed by atoms with van der Waals surface area (Å²) in [6.07, 6.45) is 5.08. The summed E-state index contributed by atoms with van der Waals surface area (Å²) < 4.78 is 19.0. The molecule has 4 heteroatoms. The minimum atomic E-state index is -0.475. The molecule has 2 rings (SSSR count). The van der Waals surface area contributed by atoms with E-state index in [9.17, 15) is 0 Å². The van der Waals surface area contributed by atoms with E-state index in [1.165, 1.54) is 0 Å². The van der Waals surface area contributed by atoms with Crippen LogP contribution in [0.25, 0.3) is 0 Å². The third-order valence-corrected chi connectivity index (χ3v) is 5.32. The number of hydrogen-bond donors (Lipinski definition) is 0. The van der Waals surface area contributed by atoms with Gasteiger partial charge in [-0.15, -0.1) is 0 Å². The van der Waals surface area contributed by atoms with Crippen LogP contribution in [0, 0.1) is 0 Å². The summed E-state index contributed by atoms with van der Waals surface area (Å²) in [6, 6.07) is 12.0. The van der Waals surface area contributed by atoms with E-state index in [4.69, 9.17) is 14.2 Å². The van der Waals surface area contributed by atoms with Gasteiger partial charge in [-0.3, -0.25) is 4.98 Å². The molecule has 2 aromatic rings. The first-order valence-electron chi connectivity index (χ1n) is 10.5. The first-order valence-corrected chi connectivity index (χ1v) is 10.5. The number of benzene rings is 1. The largest absolute Gasteiger partial charge is 0.486 e. The van der Waals surface area contributed by atoms with Crippen molar-refractivity contribution in [3.8, 4) is 11.5 Å². The van der Waals surface area contributed by atoms with Crippen molar-refractivity contribution in [3.05, 3.63) is 54.4 Å². The van der Waals surface area contributed by atoms with Gasteiger partial charge in [-0.25, -0.2) is 0 Å². The molecule has 0 fully saturated rings. The van der Waals surface area contributed by atoms with Crippen LogP contribution >= 0.6 is 0 Å². The van der Waals surface area contributed by atoms with Crippen molar-refractivity contribution in [1.29, 1.82) is 0 Å². The number of para-hydroxylation sites is 1. The summed E-state index contributed by atoms with van der Waals surface area (Å²) in [5.41, 5.74) is 0.0472. The molecule has 0 N–H and O–H groups in total. The fourth-order valence-corrected chi connectivity index (χ4v) is 3.04. The van der Waals surface area contributed by atoms with E-state index in [2.05, 4.69) is 66.4 Å². The zero-order valence-corrected chi connectivity index (χ0v) is 19.3. The minimum absolute atomic E-state index is 0.0647. The average Bonchev–Trinajstić information content (AvgIpc) is 2.63. The minimum Gasteiger partial charge on any atom is -0.486 e. The molecule has 0 amide bonds. The Kier molecular flexibility index (Phi) is 7.34. The van der Waals surface area contributed by atoms with Gasteiger partial charge >= 0.3 is 0 Å². The molecule has 1 atom stereocenters. The Balaban J connectivity index is 2.15. The number of nitrogens with zero attached hydrogens (tertiary/aromatic N) is 1. The Labute approximate surface area is 176 Å². The predicted molar refractivity (Wildman–Crippen MR) is 119 cm³/mol. The lowest BCUT2D eigenvalue weighted by atomic mass is 9.96. The van der Waals surface area contributed by atoms with Crippen molar-refractivity contribution >= 4 is 0 Å². The van der Waals surface area contributed by atoms with Crippen LogP contribution in [0.2, 0.25) is 0 Å². The van der Waals surface area contributed by atoms with E-state index in [0.717, 1.165) is 23.5 Å². The van der Waals surface area contributed by atoms with Gasteiger partial charge in [0.2, 0.25) is 0 Å². The lowest BCUT2D eigenvalue weighted by Crippen LogP contribution is -2.46. The molecule has 1 unspecified atom stereocenters. The van der Waals surface area contributed by atoms with E-state index < -0.39 is 11.2 Å². The van der Waals surface area contributed by atoms with Gasteiger partial charge in [0.25, 0.3) is 0 Å². The molecule has 1 heterocycles. The summed E-state index contributed by atoms with van der Waals surface area (Å²) in [5.74, 6) is 1.63. The quantitative estimate of drug-likeness (QED) is 0.475. The van der Waals surface area contributed by atoms with Crippen molar-refractivity contribution < 1.29 is 14.2 Å². The monoisotopic (exact) mass is 399 g/mol. The molecule has 160 valence electrons. The second-order valence-corrected chi connectivity index (χ2v) is 9.41. The zero-order valence-electron chi connectivity index (χ0n) is 19.3. The van der Waals surface area contributed by atoms with Crippen LogP contribution in [0.4, 0.5) is 0 Å². The molecule has 0 radical (unpaired) electrons. The van der Waals surface area contributed by atoms with Gasteiger partial charge in [0.15, 0.2) is 0 Å². The summed E-state index contributed by atoms with van der Waals surface area (Å²) in [5, 5.41) is 0. The van der Waals surface area contributed by atoms with E-state index in [1.54, 1.807) is 12.4 Å². The summed E-state index contributed by atoms with van der Waals surface area (Å²) in [6.45, 7) is 16.8. The second-order valence-electron chi connectivity index (χ2n) is 9.41. The van der Waals surface area contributed by atoms with Gasteiger partial charge in [0.05, 0.1) is 17.9 Å². The fraction of sp³-hybridized carbons (Fsp3) is 0.560. The number of pyridine rings is 1. The molecule has 0 aliphatic heterocycles. The summed E-state index contributed by atoms with van der Waals surface area (Å²) >= 11 is 0. The Bertz CT molecular complexity index is 769. The fourth-order valence-electron chi connectivity index (χ4n) is 3.04. The average molecular weight is 400 g/mol. The first kappa shape index (κ1) is 23.2. The maximum absolute atomic E-state index is 6.49. The van der Waals surface area contributed by atoms with Crippen LogP contribution in [0.15, 0.2) is 48.8 Å². The highest BCUT2D eigenvalue weighted by Crippen LogP contribution is 2.32. The lowest BCUT2D eigenvalue weighted by Gasteiger charge is -2.38. The number of hydrogen-bond acceptors (Lipinski definition) is 4. The Hall–Kier alpha value is -2.07. The molecular formula is C25H37NO3. The van der Waals surface area contributed by atoms with E-state index in [-0.39, 0.29) is 11.7 Å². The number of ether oxygens (including phenoxy) is 3. The molecule has 0 spiro atoms. The lowest BCUT2D eigenvalue weighted by molar-refractivity contribution is -0.134. The van der Waals surface area contributed by atoms with Crippen LogP contribution in [-0.2, 0) is 11.2 Å². The highest BCUT2D eigenvalue weighted by Gasteiger charge is 2.34. The van der Waals surface area contributed by atoms with Crippen molar-refractivity contribution in [2.75, 3.05) is 0 Å². The third-order valence-electron chi connectivity index (χ3n) is 5.32. The number of rotatable bonds is 10. The Morgan fingerprint density at radius 1 is 0.897 bits per heavy atom. The number of aromatic nitrogens is 1. The summed E-state index contributed by atoms with van der Waals surface area (Å²) in [4.78, 5) is 4.13. The smallest absolute Gasteiger partial charge is 0.138 e. The van der Waals surface area contributed by atoms with E-state index in [1.807, 2.05) is 30.3 Å². The van der Waals surface area contributed by atoms with Crippen molar-refractivity contribution in [1.82, 2.24) is 4.98 Å². The molecule has 29 heavy (non-hydrogen) atoms. The SMILES string of the molecule is CCC(C)(C)OC(C)C(C)(C)Oc1ccccc1CC(C)(C)Oc1cccnc1. The predicted octanol–water partition coefficient (Wildman–Crippen LogP) is 6.23. The van der Waals surface area contributed by atoms with Crippen LogP contribution in [0.1, 0.15) is 67.4 Å². The van der Waals surface area contributed by atoms with Crippen LogP contribution in [-0.4, -0.2) is 27.9 Å². The topological polar surface area (TPSA) is 40.6 Å². The standard InChI is InChI=1S/C25H37NO3/c1-9-23(3,4)27-19(2)25(7,8)29-22-15-11-10-13-20(22)17-24(5,6)28-21-14-12-16-26-18-21/h10-16,18-19H,9,17H2,1-8H3.